The second kappa shape index (κ2) is 8.93. The number of halogens is 2. The highest BCUT2D eigenvalue weighted by molar-refractivity contribution is 6.08. The number of fused-ring (bicyclic) bond motifs is 8. The van der Waals surface area contributed by atoms with E-state index in [0.29, 0.717) is 11.1 Å². The van der Waals surface area contributed by atoms with Crippen LogP contribution in [0.5, 0.6) is 17.2 Å². The predicted octanol–water partition coefficient (Wildman–Crippen LogP) is 8.79. The fraction of sp³-hybridized carbons (Fsp3) is 0.167. The fourth-order valence-corrected chi connectivity index (χ4v) is 6.58. The van der Waals surface area contributed by atoms with Crippen molar-refractivity contribution in [3.05, 3.63) is 130 Å². The average molecular weight is 547 g/mol. The van der Waals surface area contributed by atoms with Gasteiger partial charge in [0.1, 0.15) is 28.9 Å². The lowest BCUT2D eigenvalue weighted by atomic mass is 9.77. The molecule has 0 saturated carbocycles. The number of methoxy groups -OCH3 is 2. The minimum atomic E-state index is -1.01. The molecule has 0 bridgehead atoms. The van der Waals surface area contributed by atoms with Gasteiger partial charge in [-0.2, -0.15) is 0 Å². The first-order valence-electron chi connectivity index (χ1n) is 13.5. The molecule has 0 spiro atoms. The molecular formula is C36H28F2O3. The maximum Gasteiger partial charge on any atom is 0.178 e. The van der Waals surface area contributed by atoms with Crippen molar-refractivity contribution < 1.29 is 23.0 Å². The normalized spacial score (nSPS) is 15.6. The first kappa shape index (κ1) is 25.3. The van der Waals surface area contributed by atoms with Crippen LogP contribution in [0.25, 0.3) is 28.0 Å². The summed E-state index contributed by atoms with van der Waals surface area (Å²) in [6, 6.07) is 25.3. The number of hydrogen-bond donors (Lipinski definition) is 0. The average Bonchev–Trinajstić information content (AvgIpc) is 3.23. The quantitative estimate of drug-likeness (QED) is 0.225. The van der Waals surface area contributed by atoms with Crippen LogP contribution in [0.2, 0.25) is 0 Å². The Balaban J connectivity index is 1.54. The summed E-state index contributed by atoms with van der Waals surface area (Å²) >= 11 is 0. The molecular weight excluding hydrogens is 518 g/mol. The summed E-state index contributed by atoms with van der Waals surface area (Å²) in [7, 11) is 3.27. The zero-order valence-corrected chi connectivity index (χ0v) is 23.2. The zero-order chi connectivity index (χ0) is 28.5. The molecule has 7 rings (SSSR count). The Bertz CT molecular complexity index is 1820. The molecule has 0 saturated heterocycles. The van der Waals surface area contributed by atoms with Crippen molar-refractivity contribution in [1.82, 2.24) is 0 Å². The Morgan fingerprint density at radius 3 is 1.88 bits per heavy atom. The van der Waals surface area contributed by atoms with E-state index in [9.17, 15) is 8.78 Å². The van der Waals surface area contributed by atoms with Crippen molar-refractivity contribution in [3.8, 4) is 28.4 Å². The Labute approximate surface area is 237 Å². The molecule has 41 heavy (non-hydrogen) atoms. The molecule has 1 aliphatic heterocycles. The van der Waals surface area contributed by atoms with Gasteiger partial charge in [0.05, 0.1) is 14.2 Å². The molecule has 3 nitrogen and oxygen atoms in total. The van der Waals surface area contributed by atoms with Crippen molar-refractivity contribution in [2.45, 2.75) is 24.9 Å². The minimum Gasteiger partial charge on any atom is -0.497 e. The second-order valence-electron chi connectivity index (χ2n) is 11.1. The highest BCUT2D eigenvalue weighted by atomic mass is 19.1. The minimum absolute atomic E-state index is 0.279. The van der Waals surface area contributed by atoms with Crippen LogP contribution in [-0.4, -0.2) is 14.2 Å². The van der Waals surface area contributed by atoms with Crippen LogP contribution < -0.4 is 14.2 Å². The van der Waals surface area contributed by atoms with Gasteiger partial charge in [0.25, 0.3) is 0 Å². The molecule has 5 aromatic rings. The van der Waals surface area contributed by atoms with Gasteiger partial charge in [-0.1, -0.05) is 56.3 Å². The van der Waals surface area contributed by atoms with E-state index in [1.165, 1.54) is 18.2 Å². The molecule has 0 aromatic heterocycles. The topological polar surface area (TPSA) is 27.7 Å². The molecule has 204 valence electrons. The molecule has 1 aliphatic carbocycles. The molecule has 1 heterocycles. The maximum absolute atomic E-state index is 14.9. The summed E-state index contributed by atoms with van der Waals surface area (Å²) in [5.41, 5.74) is 5.03. The lowest BCUT2D eigenvalue weighted by Crippen LogP contribution is -2.35. The Morgan fingerprint density at radius 2 is 1.27 bits per heavy atom. The van der Waals surface area contributed by atoms with Crippen LogP contribution >= 0.6 is 0 Å². The maximum atomic E-state index is 14.9. The summed E-state index contributed by atoms with van der Waals surface area (Å²) in [6.45, 7) is 4.21. The molecule has 0 radical (unpaired) electrons. The van der Waals surface area contributed by atoms with Gasteiger partial charge in [0, 0.05) is 27.5 Å². The molecule has 5 heteroatoms. The van der Waals surface area contributed by atoms with Crippen molar-refractivity contribution >= 4 is 16.8 Å². The Morgan fingerprint density at radius 1 is 0.683 bits per heavy atom. The van der Waals surface area contributed by atoms with Gasteiger partial charge >= 0.3 is 0 Å². The van der Waals surface area contributed by atoms with Gasteiger partial charge in [-0.15, -0.1) is 0 Å². The highest BCUT2D eigenvalue weighted by Gasteiger charge is 2.44. The Kier molecular flexibility index (Phi) is 5.52. The summed E-state index contributed by atoms with van der Waals surface area (Å²) in [5.74, 6) is 1.42. The standard InChI is InChI=1S/C36H28F2O3/c1-35(2)31-20-24(38)10-16-28(31)32-27-15-9-23(37)19-30(27)34-29(33(32)35)17-18-36(41-34,21-5-11-25(39-3)12-6-21)22-7-13-26(40-4)14-8-22/h5-20H,1-4H3. The van der Waals surface area contributed by atoms with E-state index in [1.807, 2.05) is 60.7 Å². The van der Waals surface area contributed by atoms with Gasteiger partial charge in [0.15, 0.2) is 5.60 Å². The van der Waals surface area contributed by atoms with Crippen LogP contribution in [0.1, 0.15) is 41.7 Å². The third-order valence-corrected chi connectivity index (χ3v) is 8.59. The summed E-state index contributed by atoms with van der Waals surface area (Å²) in [5, 5.41) is 1.54. The molecule has 0 amide bonds. The number of rotatable bonds is 4. The third-order valence-electron chi connectivity index (χ3n) is 8.59. The third kappa shape index (κ3) is 3.61. The van der Waals surface area contributed by atoms with Crippen LogP contribution in [0, 0.1) is 11.6 Å². The first-order chi connectivity index (χ1) is 19.8. The molecule has 5 aromatic carbocycles. The van der Waals surface area contributed by atoms with E-state index in [2.05, 4.69) is 26.0 Å². The van der Waals surface area contributed by atoms with Gasteiger partial charge in [-0.05, 0) is 82.2 Å². The lowest BCUT2D eigenvalue weighted by molar-refractivity contribution is 0.163. The summed E-state index contributed by atoms with van der Waals surface area (Å²) in [6.07, 6.45) is 4.14. The monoisotopic (exact) mass is 546 g/mol. The molecule has 0 unspecified atom stereocenters. The van der Waals surface area contributed by atoms with Crippen molar-refractivity contribution in [3.63, 3.8) is 0 Å². The largest absolute Gasteiger partial charge is 0.497 e. The lowest BCUT2D eigenvalue weighted by Gasteiger charge is -2.38. The first-order valence-corrected chi connectivity index (χ1v) is 13.5. The highest BCUT2D eigenvalue weighted by Crippen LogP contribution is 2.58. The zero-order valence-electron chi connectivity index (χ0n) is 23.2. The van der Waals surface area contributed by atoms with Gasteiger partial charge in [-0.3, -0.25) is 0 Å². The van der Waals surface area contributed by atoms with Crippen LogP contribution in [0.4, 0.5) is 8.78 Å². The van der Waals surface area contributed by atoms with Gasteiger partial charge < -0.3 is 14.2 Å². The van der Waals surface area contributed by atoms with Crippen molar-refractivity contribution in [2.24, 2.45) is 0 Å². The summed E-state index contributed by atoms with van der Waals surface area (Å²) < 4.78 is 47.4. The number of ether oxygens (including phenoxy) is 3. The predicted molar refractivity (Wildman–Crippen MR) is 158 cm³/mol. The van der Waals surface area contributed by atoms with Crippen LogP contribution in [0.3, 0.4) is 0 Å². The molecule has 2 aliphatic rings. The molecule has 0 atom stereocenters. The van der Waals surface area contributed by atoms with Crippen LogP contribution in [0.15, 0.2) is 91.0 Å². The van der Waals surface area contributed by atoms with E-state index < -0.39 is 11.0 Å². The van der Waals surface area contributed by atoms with E-state index in [1.54, 1.807) is 20.3 Å². The second-order valence-corrected chi connectivity index (χ2v) is 11.1. The van der Waals surface area contributed by atoms with Gasteiger partial charge in [-0.25, -0.2) is 8.78 Å². The number of hydrogen-bond acceptors (Lipinski definition) is 3. The van der Waals surface area contributed by atoms with Crippen molar-refractivity contribution in [2.75, 3.05) is 14.2 Å². The Hall–Kier alpha value is -4.64. The van der Waals surface area contributed by atoms with E-state index in [4.69, 9.17) is 14.2 Å². The van der Waals surface area contributed by atoms with Crippen molar-refractivity contribution in [1.29, 1.82) is 0 Å². The van der Waals surface area contributed by atoms with Gasteiger partial charge in [0.2, 0.25) is 0 Å². The SMILES string of the molecule is COc1ccc(C2(c3ccc(OC)cc3)C=Cc3c4c(c5ccc(F)cc5c3O2)-c2ccc(F)cc2C4(C)C)cc1. The van der Waals surface area contributed by atoms with E-state index in [0.717, 1.165) is 55.8 Å². The fourth-order valence-electron chi connectivity index (χ4n) is 6.58. The summed E-state index contributed by atoms with van der Waals surface area (Å²) in [4.78, 5) is 0. The van der Waals surface area contributed by atoms with Crippen LogP contribution in [-0.2, 0) is 11.0 Å². The molecule has 0 fully saturated rings. The number of benzene rings is 5. The molecule has 0 N–H and O–H groups in total. The smallest absolute Gasteiger partial charge is 0.178 e. The van der Waals surface area contributed by atoms with E-state index >= 15 is 0 Å². The van der Waals surface area contributed by atoms with E-state index in [-0.39, 0.29) is 11.6 Å².